The number of fused-ring (bicyclic) bond motifs is 1. The molecule has 2 aliphatic heterocycles. The van der Waals surface area contributed by atoms with Gasteiger partial charge in [-0.15, -0.1) is 11.3 Å². The highest BCUT2D eigenvalue weighted by atomic mass is 35.5. The van der Waals surface area contributed by atoms with Crippen LogP contribution >= 0.6 is 22.9 Å². The maximum atomic E-state index is 12.6. The van der Waals surface area contributed by atoms with Gasteiger partial charge in [-0.1, -0.05) is 29.8 Å². The van der Waals surface area contributed by atoms with Gasteiger partial charge in [0.15, 0.2) is 5.06 Å². The highest BCUT2D eigenvalue weighted by Gasteiger charge is 2.33. The molecule has 4 rings (SSSR count). The summed E-state index contributed by atoms with van der Waals surface area (Å²) in [5, 5.41) is 1.15. The first-order chi connectivity index (χ1) is 14.1. The van der Waals surface area contributed by atoms with Gasteiger partial charge >= 0.3 is 12.1 Å². The Morgan fingerprint density at radius 3 is 2.66 bits per heavy atom. The monoisotopic (exact) mass is 434 g/mol. The third-order valence-electron chi connectivity index (χ3n) is 5.42. The molecule has 0 radical (unpaired) electrons. The van der Waals surface area contributed by atoms with Crippen LogP contribution < -0.4 is 4.74 Å². The first kappa shape index (κ1) is 20.2. The molecule has 0 saturated carbocycles. The van der Waals surface area contributed by atoms with E-state index in [1.54, 1.807) is 11.0 Å². The lowest BCUT2D eigenvalue weighted by Crippen LogP contribution is -2.38. The fourth-order valence-electron chi connectivity index (χ4n) is 3.93. The minimum Gasteiger partial charge on any atom is -0.468 e. The molecule has 0 N–H and O–H groups in total. The first-order valence-electron chi connectivity index (χ1n) is 9.71. The third-order valence-corrected chi connectivity index (χ3v) is 6.87. The summed E-state index contributed by atoms with van der Waals surface area (Å²) in [4.78, 5) is 29.9. The fraction of sp³-hybridized carbons (Fsp3) is 0.429. The quantitative estimate of drug-likeness (QED) is 0.672. The number of hydrogen-bond donors (Lipinski definition) is 0. The van der Waals surface area contributed by atoms with E-state index in [0.29, 0.717) is 23.2 Å². The summed E-state index contributed by atoms with van der Waals surface area (Å²) < 4.78 is 10.7. The summed E-state index contributed by atoms with van der Waals surface area (Å²) >= 11 is 7.88. The lowest BCUT2D eigenvalue weighted by atomic mass is 10.0. The number of amides is 1. The van der Waals surface area contributed by atoms with Crippen molar-refractivity contribution in [3.8, 4) is 5.06 Å². The summed E-state index contributed by atoms with van der Waals surface area (Å²) in [6.45, 7) is 2.78. The largest absolute Gasteiger partial charge is 0.468 e. The normalized spacial score (nSPS) is 17.7. The fourth-order valence-corrected chi connectivity index (χ4v) is 5.17. The number of likely N-dealkylation sites (tertiary alicyclic amines) is 1. The van der Waals surface area contributed by atoms with E-state index >= 15 is 0 Å². The summed E-state index contributed by atoms with van der Waals surface area (Å²) in [5.74, 6) is -0.336. The summed E-state index contributed by atoms with van der Waals surface area (Å²) in [7, 11) is 1.39. The van der Waals surface area contributed by atoms with E-state index in [4.69, 9.17) is 21.1 Å². The predicted octanol–water partition coefficient (Wildman–Crippen LogP) is 4.27. The van der Waals surface area contributed by atoms with Gasteiger partial charge < -0.3 is 14.4 Å². The van der Waals surface area contributed by atoms with E-state index < -0.39 is 6.04 Å². The van der Waals surface area contributed by atoms with Crippen LogP contribution in [-0.2, 0) is 22.5 Å². The lowest BCUT2D eigenvalue weighted by molar-refractivity contribution is -0.147. The van der Waals surface area contributed by atoms with Crippen LogP contribution in [0.15, 0.2) is 30.3 Å². The number of hydrogen-bond acceptors (Lipinski definition) is 6. The Morgan fingerprint density at radius 2 is 1.93 bits per heavy atom. The van der Waals surface area contributed by atoms with Gasteiger partial charge in [0.2, 0.25) is 0 Å². The number of carbonyl (C=O) groups is 2. The topological polar surface area (TPSA) is 59.1 Å². The zero-order chi connectivity index (χ0) is 20.4. The van der Waals surface area contributed by atoms with Gasteiger partial charge in [0.25, 0.3) is 0 Å². The minimum atomic E-state index is -0.572. The molecule has 1 atom stereocenters. The van der Waals surface area contributed by atoms with E-state index in [0.717, 1.165) is 43.5 Å². The van der Waals surface area contributed by atoms with E-state index in [-0.39, 0.29) is 12.1 Å². The van der Waals surface area contributed by atoms with Gasteiger partial charge in [0.05, 0.1) is 7.11 Å². The van der Waals surface area contributed by atoms with Crippen LogP contribution in [0.1, 0.15) is 34.9 Å². The van der Waals surface area contributed by atoms with E-state index in [2.05, 4.69) is 4.90 Å². The van der Waals surface area contributed by atoms with Crippen LogP contribution in [-0.4, -0.2) is 48.6 Å². The van der Waals surface area contributed by atoms with Crippen LogP contribution in [0.25, 0.3) is 0 Å². The molecule has 1 aromatic heterocycles. The second kappa shape index (κ2) is 8.73. The Hall–Kier alpha value is -2.09. The molecule has 0 aliphatic carbocycles. The second-order valence-corrected chi connectivity index (χ2v) is 8.75. The number of rotatable bonds is 4. The molecule has 0 spiro atoms. The maximum absolute atomic E-state index is 12.6. The lowest BCUT2D eigenvalue weighted by Gasteiger charge is -2.33. The van der Waals surface area contributed by atoms with Crippen molar-refractivity contribution in [1.29, 1.82) is 0 Å². The maximum Gasteiger partial charge on any atom is 0.416 e. The van der Waals surface area contributed by atoms with E-state index in [9.17, 15) is 9.59 Å². The number of carbonyl (C=O) groups excluding carboxylic acids is 2. The molecule has 3 heterocycles. The Labute approximate surface area is 179 Å². The van der Waals surface area contributed by atoms with Crippen molar-refractivity contribution in [2.75, 3.05) is 26.7 Å². The first-order valence-corrected chi connectivity index (χ1v) is 10.9. The van der Waals surface area contributed by atoms with Crippen molar-refractivity contribution in [3.05, 3.63) is 51.4 Å². The van der Waals surface area contributed by atoms with Crippen LogP contribution in [0.2, 0.25) is 5.02 Å². The molecule has 6 nitrogen and oxygen atoms in total. The second-order valence-electron chi connectivity index (χ2n) is 7.24. The summed E-state index contributed by atoms with van der Waals surface area (Å²) in [6, 6.07) is 8.69. The molecule has 8 heteroatoms. The number of halogens is 1. The molecule has 2 aromatic rings. The molecule has 0 bridgehead atoms. The van der Waals surface area contributed by atoms with Crippen molar-refractivity contribution in [2.24, 2.45) is 0 Å². The molecule has 1 amide bonds. The Kier molecular flexibility index (Phi) is 6.08. The molecule has 0 unspecified atom stereocenters. The molecule has 154 valence electrons. The van der Waals surface area contributed by atoms with Crippen molar-refractivity contribution in [1.82, 2.24) is 9.80 Å². The van der Waals surface area contributed by atoms with Crippen molar-refractivity contribution >= 4 is 35.0 Å². The molecule has 1 saturated heterocycles. The molecule has 29 heavy (non-hydrogen) atoms. The number of thiophene rings is 1. The van der Waals surface area contributed by atoms with Crippen molar-refractivity contribution in [3.63, 3.8) is 0 Å². The summed E-state index contributed by atoms with van der Waals surface area (Å²) in [5.41, 5.74) is 1.81. The van der Waals surface area contributed by atoms with Crippen molar-refractivity contribution < 1.29 is 19.1 Å². The highest BCUT2D eigenvalue weighted by molar-refractivity contribution is 7.14. The Balaban J connectivity index is 1.52. The number of nitrogens with zero attached hydrogens (tertiary/aromatic N) is 2. The van der Waals surface area contributed by atoms with Crippen LogP contribution in [0.4, 0.5) is 4.79 Å². The number of ether oxygens (including phenoxy) is 2. The molecule has 1 aromatic carbocycles. The Morgan fingerprint density at radius 1 is 1.17 bits per heavy atom. The van der Waals surface area contributed by atoms with E-state index in [1.807, 2.05) is 24.3 Å². The SMILES string of the molecule is COC(=O)[C@H](c1ccccc1Cl)N1CCc2sc(OC(=O)N3CCCC3)cc2C1. The minimum absolute atomic E-state index is 0.276. The number of esters is 1. The third kappa shape index (κ3) is 4.27. The molecule has 2 aliphatic rings. The van der Waals surface area contributed by atoms with Crippen molar-refractivity contribution in [2.45, 2.75) is 31.8 Å². The molecular weight excluding hydrogens is 412 g/mol. The van der Waals surface area contributed by atoms with Gasteiger partial charge in [0, 0.05) is 36.1 Å². The summed E-state index contributed by atoms with van der Waals surface area (Å²) in [6.07, 6.45) is 2.56. The highest BCUT2D eigenvalue weighted by Crippen LogP contribution is 2.38. The van der Waals surface area contributed by atoms with Gasteiger partial charge in [-0.05, 0) is 42.5 Å². The Bertz CT molecular complexity index is 910. The van der Waals surface area contributed by atoms with Crippen LogP contribution in [0.3, 0.4) is 0 Å². The van der Waals surface area contributed by atoms with Gasteiger partial charge in [-0.3, -0.25) is 4.90 Å². The van der Waals surface area contributed by atoms with Gasteiger partial charge in [-0.25, -0.2) is 9.59 Å². The average molecular weight is 435 g/mol. The molecule has 1 fully saturated rings. The van der Waals surface area contributed by atoms with Gasteiger partial charge in [0.1, 0.15) is 6.04 Å². The zero-order valence-electron chi connectivity index (χ0n) is 16.2. The predicted molar refractivity (Wildman–Crippen MR) is 111 cm³/mol. The zero-order valence-corrected chi connectivity index (χ0v) is 17.8. The average Bonchev–Trinajstić information content (AvgIpc) is 3.38. The van der Waals surface area contributed by atoms with Crippen LogP contribution in [0, 0.1) is 0 Å². The number of methoxy groups -OCH3 is 1. The molecular formula is C21H23ClN2O4S. The standard InChI is InChI=1S/C21H23ClN2O4S/c1-27-20(25)19(15-6-2-3-7-16(15)22)24-11-8-17-14(13-24)12-18(29-17)28-21(26)23-9-4-5-10-23/h2-3,6-7,12,19H,4-5,8-11,13H2,1H3/t19-/m0/s1. The van der Waals surface area contributed by atoms with Gasteiger partial charge in [-0.2, -0.15) is 0 Å². The number of benzene rings is 1. The van der Waals surface area contributed by atoms with Crippen LogP contribution in [0.5, 0.6) is 5.06 Å². The van der Waals surface area contributed by atoms with E-state index in [1.165, 1.54) is 23.3 Å². The smallest absolute Gasteiger partial charge is 0.416 e.